The van der Waals surface area contributed by atoms with Crippen LogP contribution < -0.4 is 10.5 Å². The first-order chi connectivity index (χ1) is 10.7. The first-order valence-electron chi connectivity index (χ1n) is 7.54. The number of benzene rings is 2. The third-order valence-electron chi connectivity index (χ3n) is 3.86. The maximum atomic E-state index is 12.3. The zero-order chi connectivity index (χ0) is 15.4. The largest absolute Gasteiger partial charge is 0.489 e. The second kappa shape index (κ2) is 7.99. The zero-order valence-electron chi connectivity index (χ0n) is 12.9. The van der Waals surface area contributed by atoms with E-state index in [0.717, 1.165) is 24.3 Å². The Morgan fingerprint density at radius 3 is 2.43 bits per heavy atom. The van der Waals surface area contributed by atoms with Crippen LogP contribution in [0.5, 0.6) is 5.75 Å². The van der Waals surface area contributed by atoms with Crippen LogP contribution in [0.2, 0.25) is 0 Å². The van der Waals surface area contributed by atoms with E-state index in [-0.39, 0.29) is 24.4 Å². The Morgan fingerprint density at radius 1 is 1.13 bits per heavy atom. The van der Waals surface area contributed by atoms with Gasteiger partial charge in [-0.05, 0) is 36.2 Å². The minimum Gasteiger partial charge on any atom is -0.489 e. The van der Waals surface area contributed by atoms with Crippen molar-refractivity contribution in [3.63, 3.8) is 0 Å². The monoisotopic (exact) mass is 332 g/mol. The van der Waals surface area contributed by atoms with Crippen molar-refractivity contribution >= 4 is 18.3 Å². The number of hydrogen-bond acceptors (Lipinski definition) is 3. The first-order valence-corrected chi connectivity index (χ1v) is 7.54. The number of ether oxygens (including phenoxy) is 1. The van der Waals surface area contributed by atoms with Gasteiger partial charge in [0, 0.05) is 24.7 Å². The molecule has 3 rings (SSSR count). The van der Waals surface area contributed by atoms with E-state index in [1.807, 2.05) is 59.5 Å². The predicted molar refractivity (Wildman–Crippen MR) is 93.0 cm³/mol. The lowest BCUT2D eigenvalue weighted by Gasteiger charge is -2.16. The second-order valence-corrected chi connectivity index (χ2v) is 5.60. The summed E-state index contributed by atoms with van der Waals surface area (Å²) in [6.07, 6.45) is 0.879. The fourth-order valence-electron chi connectivity index (χ4n) is 2.59. The van der Waals surface area contributed by atoms with Gasteiger partial charge in [0.2, 0.25) is 0 Å². The van der Waals surface area contributed by atoms with E-state index in [2.05, 4.69) is 0 Å². The summed E-state index contributed by atoms with van der Waals surface area (Å²) in [6.45, 7) is 1.91. The number of amides is 1. The Balaban J connectivity index is 0.00000192. The molecule has 2 aromatic carbocycles. The van der Waals surface area contributed by atoms with Gasteiger partial charge in [-0.2, -0.15) is 0 Å². The summed E-state index contributed by atoms with van der Waals surface area (Å²) in [6, 6.07) is 17.4. The summed E-state index contributed by atoms with van der Waals surface area (Å²) < 4.78 is 5.72. The van der Waals surface area contributed by atoms with Crippen molar-refractivity contribution in [2.45, 2.75) is 19.1 Å². The molecule has 1 saturated heterocycles. The Labute approximate surface area is 142 Å². The topological polar surface area (TPSA) is 55.6 Å². The molecule has 4 nitrogen and oxygen atoms in total. The normalized spacial score (nSPS) is 16.7. The third-order valence-corrected chi connectivity index (χ3v) is 3.86. The number of carbonyl (C=O) groups excluding carboxylic acids is 1. The third kappa shape index (κ3) is 4.47. The molecule has 0 radical (unpaired) electrons. The Kier molecular flexibility index (Phi) is 6.02. The number of likely N-dealkylation sites (tertiary alicyclic amines) is 1. The van der Waals surface area contributed by atoms with Crippen molar-refractivity contribution in [3.8, 4) is 5.75 Å². The fraction of sp³-hybridized carbons (Fsp3) is 0.278. The van der Waals surface area contributed by atoms with Crippen LogP contribution in [0, 0.1) is 0 Å². The molecule has 0 unspecified atom stereocenters. The number of rotatable bonds is 4. The van der Waals surface area contributed by atoms with E-state index in [9.17, 15) is 4.79 Å². The summed E-state index contributed by atoms with van der Waals surface area (Å²) in [5.74, 6) is 0.807. The molecule has 0 bridgehead atoms. The molecular weight excluding hydrogens is 312 g/mol. The van der Waals surface area contributed by atoms with Crippen molar-refractivity contribution in [2.24, 2.45) is 5.73 Å². The quantitative estimate of drug-likeness (QED) is 0.936. The van der Waals surface area contributed by atoms with Crippen LogP contribution in [0.4, 0.5) is 0 Å². The van der Waals surface area contributed by atoms with E-state index in [1.165, 1.54) is 0 Å². The maximum absolute atomic E-state index is 12.3. The predicted octanol–water partition coefficient (Wildman–Crippen LogP) is 2.86. The molecule has 23 heavy (non-hydrogen) atoms. The van der Waals surface area contributed by atoms with Gasteiger partial charge < -0.3 is 15.4 Å². The lowest BCUT2D eigenvalue weighted by molar-refractivity contribution is 0.0791. The molecule has 2 N–H and O–H groups in total. The summed E-state index contributed by atoms with van der Waals surface area (Å²) in [5, 5.41) is 0. The minimum atomic E-state index is 0. The maximum Gasteiger partial charge on any atom is 0.253 e. The number of nitrogens with zero attached hydrogens (tertiary/aromatic N) is 1. The lowest BCUT2D eigenvalue weighted by atomic mass is 10.2. The molecule has 1 atom stereocenters. The Hall–Kier alpha value is -2.04. The van der Waals surface area contributed by atoms with Gasteiger partial charge >= 0.3 is 0 Å². The Bertz CT molecular complexity index is 631. The first kappa shape index (κ1) is 17.3. The van der Waals surface area contributed by atoms with Gasteiger partial charge in [0.15, 0.2) is 0 Å². The second-order valence-electron chi connectivity index (χ2n) is 5.60. The van der Waals surface area contributed by atoms with Crippen LogP contribution in [0.25, 0.3) is 0 Å². The van der Waals surface area contributed by atoms with Gasteiger partial charge in [-0.25, -0.2) is 0 Å². The highest BCUT2D eigenvalue weighted by Gasteiger charge is 2.24. The lowest BCUT2D eigenvalue weighted by Crippen LogP contribution is -2.31. The van der Waals surface area contributed by atoms with Crippen molar-refractivity contribution in [1.82, 2.24) is 4.90 Å². The van der Waals surface area contributed by atoms with Crippen molar-refractivity contribution < 1.29 is 9.53 Å². The van der Waals surface area contributed by atoms with Crippen molar-refractivity contribution in [3.05, 3.63) is 65.7 Å². The van der Waals surface area contributed by atoms with Crippen molar-refractivity contribution in [2.75, 3.05) is 13.1 Å². The van der Waals surface area contributed by atoms with Crippen LogP contribution in [-0.2, 0) is 6.61 Å². The SMILES string of the molecule is Cl.N[C@@H]1CCN(C(=O)c2ccc(OCc3ccccc3)cc2)C1. The van der Waals surface area contributed by atoms with Gasteiger partial charge in [-0.3, -0.25) is 4.79 Å². The van der Waals surface area contributed by atoms with Gasteiger partial charge in [0.1, 0.15) is 12.4 Å². The van der Waals surface area contributed by atoms with Crippen LogP contribution in [0.3, 0.4) is 0 Å². The molecule has 0 aliphatic carbocycles. The van der Waals surface area contributed by atoms with Gasteiger partial charge in [0.25, 0.3) is 5.91 Å². The minimum absolute atomic E-state index is 0. The number of nitrogens with two attached hydrogens (primary N) is 1. The van der Waals surface area contributed by atoms with Crippen LogP contribution in [0.15, 0.2) is 54.6 Å². The molecular formula is C18H21ClN2O2. The van der Waals surface area contributed by atoms with Gasteiger partial charge in [-0.15, -0.1) is 12.4 Å². The highest BCUT2D eigenvalue weighted by Crippen LogP contribution is 2.17. The fourth-order valence-corrected chi connectivity index (χ4v) is 2.59. The van der Waals surface area contributed by atoms with Crippen LogP contribution >= 0.6 is 12.4 Å². The molecule has 1 heterocycles. The van der Waals surface area contributed by atoms with Gasteiger partial charge in [-0.1, -0.05) is 30.3 Å². The molecule has 5 heteroatoms. The highest BCUT2D eigenvalue weighted by atomic mass is 35.5. The molecule has 1 aliphatic rings. The highest BCUT2D eigenvalue weighted by molar-refractivity contribution is 5.94. The van der Waals surface area contributed by atoms with E-state index >= 15 is 0 Å². The summed E-state index contributed by atoms with van der Waals surface area (Å²) in [4.78, 5) is 14.1. The smallest absolute Gasteiger partial charge is 0.253 e. The molecule has 0 saturated carbocycles. The van der Waals surface area contributed by atoms with Crippen LogP contribution in [0.1, 0.15) is 22.3 Å². The molecule has 2 aromatic rings. The van der Waals surface area contributed by atoms with Crippen molar-refractivity contribution in [1.29, 1.82) is 0 Å². The van der Waals surface area contributed by atoms with E-state index in [1.54, 1.807) is 0 Å². The average Bonchev–Trinajstić information content (AvgIpc) is 3.00. The van der Waals surface area contributed by atoms with E-state index in [4.69, 9.17) is 10.5 Å². The standard InChI is InChI=1S/C18H20N2O2.ClH/c19-16-10-11-20(12-16)18(21)15-6-8-17(9-7-15)22-13-14-4-2-1-3-5-14;/h1-9,16H,10-13,19H2;1H/t16-;/m1./s1. The van der Waals surface area contributed by atoms with E-state index < -0.39 is 0 Å². The van der Waals surface area contributed by atoms with E-state index in [0.29, 0.717) is 18.7 Å². The molecule has 1 amide bonds. The van der Waals surface area contributed by atoms with Gasteiger partial charge in [0.05, 0.1) is 0 Å². The zero-order valence-corrected chi connectivity index (χ0v) is 13.7. The summed E-state index contributed by atoms with van der Waals surface area (Å²) >= 11 is 0. The summed E-state index contributed by atoms with van der Waals surface area (Å²) in [5.41, 5.74) is 7.65. The number of halogens is 1. The van der Waals surface area contributed by atoms with Crippen LogP contribution in [-0.4, -0.2) is 29.9 Å². The number of carbonyl (C=O) groups is 1. The molecule has 1 fully saturated rings. The average molecular weight is 333 g/mol. The summed E-state index contributed by atoms with van der Waals surface area (Å²) in [7, 11) is 0. The molecule has 0 aromatic heterocycles. The molecule has 122 valence electrons. The molecule has 1 aliphatic heterocycles. The molecule has 0 spiro atoms. The number of hydrogen-bond donors (Lipinski definition) is 1. The Morgan fingerprint density at radius 2 is 1.83 bits per heavy atom.